The zero-order chi connectivity index (χ0) is 15.6. The molecule has 4 rings (SSSR count). The molecule has 0 saturated carbocycles. The van der Waals surface area contributed by atoms with Crippen molar-refractivity contribution in [2.75, 3.05) is 0 Å². The van der Waals surface area contributed by atoms with Crippen LogP contribution in [0, 0.1) is 0 Å². The highest BCUT2D eigenvalue weighted by atomic mass is 32.1. The normalized spacial score (nSPS) is 11.5. The Bertz CT molecular complexity index is 1030. The number of carbonyl (C=O) groups excluding carboxylic acids is 1. The summed E-state index contributed by atoms with van der Waals surface area (Å²) >= 11 is 1.70. The van der Waals surface area contributed by atoms with Crippen LogP contribution in [-0.2, 0) is 0 Å². The smallest absolute Gasteiger partial charge is 0.267 e. The molecule has 0 N–H and O–H groups in total. The number of thiophene rings is 1. The second-order valence-corrected chi connectivity index (χ2v) is 6.37. The van der Waals surface area contributed by atoms with E-state index in [0.717, 1.165) is 10.3 Å². The molecule has 1 amide bonds. The molecule has 1 aromatic heterocycles. The average molecular weight is 315 g/mol. The summed E-state index contributed by atoms with van der Waals surface area (Å²) in [6.45, 7) is 0. The highest BCUT2D eigenvalue weighted by Crippen LogP contribution is 2.34. The van der Waals surface area contributed by atoms with Gasteiger partial charge in [0, 0.05) is 32.0 Å². The first-order valence-electron chi connectivity index (χ1n) is 7.36. The summed E-state index contributed by atoms with van der Waals surface area (Å²) in [6.07, 6.45) is 1.61. The summed E-state index contributed by atoms with van der Waals surface area (Å²) < 4.78 is 2.35. The highest BCUT2D eigenvalue weighted by Gasteiger charge is 2.08. The van der Waals surface area contributed by atoms with Crippen LogP contribution in [0.25, 0.3) is 20.2 Å². The van der Waals surface area contributed by atoms with Crippen molar-refractivity contribution in [2.24, 2.45) is 4.99 Å². The molecule has 23 heavy (non-hydrogen) atoms. The van der Waals surface area contributed by atoms with E-state index in [0.29, 0.717) is 5.56 Å². The Balaban J connectivity index is 1.70. The van der Waals surface area contributed by atoms with Crippen LogP contribution in [0.2, 0.25) is 0 Å². The summed E-state index contributed by atoms with van der Waals surface area (Å²) in [7, 11) is 0. The summed E-state index contributed by atoms with van der Waals surface area (Å²) in [4.78, 5) is 16.3. The number of rotatable bonds is 2. The van der Waals surface area contributed by atoms with Gasteiger partial charge in [-0.25, -0.2) is 4.99 Å². The fraction of sp³-hybridized carbons (Fsp3) is 0. The van der Waals surface area contributed by atoms with Crippen LogP contribution in [0.4, 0.5) is 0 Å². The van der Waals surface area contributed by atoms with E-state index in [2.05, 4.69) is 17.1 Å². The maximum Gasteiger partial charge on any atom is 0.277 e. The predicted molar refractivity (Wildman–Crippen MR) is 97.7 cm³/mol. The Hall–Kier alpha value is -2.78. The lowest BCUT2D eigenvalue weighted by Gasteiger charge is -1.97. The third-order valence-corrected chi connectivity index (χ3v) is 4.89. The Morgan fingerprint density at radius 1 is 0.826 bits per heavy atom. The van der Waals surface area contributed by atoms with Gasteiger partial charge in [0.2, 0.25) is 0 Å². The first-order chi connectivity index (χ1) is 11.3. The molecule has 0 aliphatic rings. The number of nitrogens with zero attached hydrogens (tertiary/aromatic N) is 1. The van der Waals surface area contributed by atoms with Crippen molar-refractivity contribution < 1.29 is 4.79 Å². The van der Waals surface area contributed by atoms with Crippen molar-refractivity contribution in [3.63, 3.8) is 0 Å². The second-order valence-electron chi connectivity index (χ2n) is 5.28. The molecule has 1 heterocycles. The number of benzene rings is 3. The van der Waals surface area contributed by atoms with Gasteiger partial charge >= 0.3 is 0 Å². The van der Waals surface area contributed by atoms with Gasteiger partial charge in [-0.1, -0.05) is 54.6 Å². The van der Waals surface area contributed by atoms with Crippen molar-refractivity contribution >= 4 is 43.6 Å². The van der Waals surface area contributed by atoms with Gasteiger partial charge in [-0.3, -0.25) is 4.79 Å². The molecule has 0 atom stereocenters. The molecule has 2 nitrogen and oxygen atoms in total. The van der Waals surface area contributed by atoms with Crippen LogP contribution in [0.1, 0.15) is 15.9 Å². The molecule has 0 spiro atoms. The van der Waals surface area contributed by atoms with E-state index < -0.39 is 0 Å². The lowest BCUT2D eigenvalue weighted by atomic mass is 10.1. The fourth-order valence-electron chi connectivity index (χ4n) is 2.61. The van der Waals surface area contributed by atoms with Crippen LogP contribution >= 0.6 is 11.3 Å². The van der Waals surface area contributed by atoms with Gasteiger partial charge in [-0.15, -0.1) is 11.3 Å². The molecule has 4 aromatic rings. The van der Waals surface area contributed by atoms with E-state index in [9.17, 15) is 4.79 Å². The van der Waals surface area contributed by atoms with Crippen LogP contribution in [0.3, 0.4) is 0 Å². The van der Waals surface area contributed by atoms with Crippen molar-refractivity contribution in [1.82, 2.24) is 0 Å². The van der Waals surface area contributed by atoms with Gasteiger partial charge in [0.05, 0.1) is 0 Å². The van der Waals surface area contributed by atoms with Crippen LogP contribution in [0.5, 0.6) is 0 Å². The zero-order valence-electron chi connectivity index (χ0n) is 12.3. The molecule has 0 unspecified atom stereocenters. The third kappa shape index (κ3) is 2.67. The van der Waals surface area contributed by atoms with E-state index in [1.807, 2.05) is 60.7 Å². The quantitative estimate of drug-likeness (QED) is 0.461. The standard InChI is InChI=1S/C20H13NOS/c22-20(21-13-14-6-2-1-3-7-14)15-10-11-17-16-8-4-5-9-18(16)23-19(17)12-15/h1-13H. The summed E-state index contributed by atoms with van der Waals surface area (Å²) in [6, 6.07) is 23.7. The van der Waals surface area contributed by atoms with E-state index in [1.165, 1.54) is 15.5 Å². The number of carbonyl (C=O) groups is 1. The summed E-state index contributed by atoms with van der Waals surface area (Å²) in [5, 5.41) is 2.42. The zero-order valence-corrected chi connectivity index (χ0v) is 13.1. The van der Waals surface area contributed by atoms with Crippen molar-refractivity contribution in [2.45, 2.75) is 0 Å². The molecule has 0 fully saturated rings. The Kier molecular flexibility index (Phi) is 3.48. The molecule has 3 aromatic carbocycles. The number of fused-ring (bicyclic) bond motifs is 3. The number of aliphatic imine (C=N–C) groups is 1. The Morgan fingerprint density at radius 2 is 1.57 bits per heavy atom. The van der Waals surface area contributed by atoms with E-state index >= 15 is 0 Å². The minimum atomic E-state index is -0.215. The SMILES string of the molecule is O=C(N=Cc1ccccc1)c1ccc2c(c1)sc1ccccc12. The molecule has 0 saturated heterocycles. The Morgan fingerprint density at radius 3 is 2.43 bits per heavy atom. The van der Waals surface area contributed by atoms with Crippen LogP contribution in [-0.4, -0.2) is 12.1 Å². The third-order valence-electron chi connectivity index (χ3n) is 3.76. The number of amides is 1. The first kappa shape index (κ1) is 13.9. The van der Waals surface area contributed by atoms with Crippen molar-refractivity contribution in [1.29, 1.82) is 0 Å². The Labute approximate surface area is 137 Å². The minimum Gasteiger partial charge on any atom is -0.267 e. The van der Waals surface area contributed by atoms with Gasteiger partial charge < -0.3 is 0 Å². The second kappa shape index (κ2) is 5.78. The topological polar surface area (TPSA) is 29.4 Å². The lowest BCUT2D eigenvalue weighted by Crippen LogP contribution is -1.95. The van der Waals surface area contributed by atoms with Gasteiger partial charge in [0.1, 0.15) is 0 Å². The number of hydrogen-bond donors (Lipinski definition) is 0. The van der Waals surface area contributed by atoms with Crippen LogP contribution < -0.4 is 0 Å². The molecule has 0 bridgehead atoms. The maximum atomic E-state index is 12.3. The lowest BCUT2D eigenvalue weighted by molar-refractivity contribution is 0.100. The summed E-state index contributed by atoms with van der Waals surface area (Å²) in [5.74, 6) is -0.215. The van der Waals surface area contributed by atoms with E-state index in [1.54, 1.807) is 17.6 Å². The van der Waals surface area contributed by atoms with Crippen molar-refractivity contribution in [3.05, 3.63) is 83.9 Å². The van der Waals surface area contributed by atoms with E-state index in [4.69, 9.17) is 0 Å². The highest BCUT2D eigenvalue weighted by molar-refractivity contribution is 7.25. The fourth-order valence-corrected chi connectivity index (χ4v) is 3.75. The average Bonchev–Trinajstić information content (AvgIpc) is 2.98. The van der Waals surface area contributed by atoms with Gasteiger partial charge in [-0.05, 0) is 23.8 Å². The molecule has 0 radical (unpaired) electrons. The largest absolute Gasteiger partial charge is 0.277 e. The van der Waals surface area contributed by atoms with E-state index in [-0.39, 0.29) is 5.91 Å². The monoisotopic (exact) mass is 315 g/mol. The van der Waals surface area contributed by atoms with Gasteiger partial charge in [0.25, 0.3) is 5.91 Å². The van der Waals surface area contributed by atoms with Crippen LogP contribution in [0.15, 0.2) is 77.8 Å². The molecule has 0 aliphatic carbocycles. The van der Waals surface area contributed by atoms with Gasteiger partial charge in [-0.2, -0.15) is 0 Å². The number of hydrogen-bond acceptors (Lipinski definition) is 2. The van der Waals surface area contributed by atoms with Gasteiger partial charge in [0.15, 0.2) is 0 Å². The molecule has 110 valence electrons. The summed E-state index contributed by atoms with van der Waals surface area (Å²) in [5.41, 5.74) is 1.54. The molecular weight excluding hydrogens is 302 g/mol. The maximum absolute atomic E-state index is 12.3. The molecule has 3 heteroatoms. The molecule has 0 aliphatic heterocycles. The molecular formula is C20H13NOS. The van der Waals surface area contributed by atoms with Crippen molar-refractivity contribution in [3.8, 4) is 0 Å². The minimum absolute atomic E-state index is 0.215. The first-order valence-corrected chi connectivity index (χ1v) is 8.18. The predicted octanol–water partition coefficient (Wildman–Crippen LogP) is 5.31.